The van der Waals surface area contributed by atoms with Crippen molar-refractivity contribution >= 4 is 28.9 Å². The molecule has 21 heavy (non-hydrogen) atoms. The molecule has 0 bridgehead atoms. The molecule has 4 nitrogen and oxygen atoms in total. The summed E-state index contributed by atoms with van der Waals surface area (Å²) in [6.07, 6.45) is 0. The van der Waals surface area contributed by atoms with E-state index in [2.05, 4.69) is 9.55 Å². The third kappa shape index (κ3) is 3.96. The molecule has 0 aliphatic rings. The summed E-state index contributed by atoms with van der Waals surface area (Å²) in [4.78, 5) is 16.8. The molecule has 2 aromatic heterocycles. The minimum Gasteiger partial charge on any atom is -0.383 e. The summed E-state index contributed by atoms with van der Waals surface area (Å²) in [5, 5.41) is 2.00. The molecular weight excluding hydrogens is 304 g/mol. The maximum Gasteiger partial charge on any atom is 0.174 e. The summed E-state index contributed by atoms with van der Waals surface area (Å²) in [7, 11) is 1.69. The predicted molar refractivity (Wildman–Crippen MR) is 87.7 cm³/mol. The van der Waals surface area contributed by atoms with Crippen LogP contribution < -0.4 is 0 Å². The van der Waals surface area contributed by atoms with Crippen molar-refractivity contribution in [2.45, 2.75) is 31.7 Å². The molecule has 0 N–H and O–H groups in total. The molecule has 0 saturated heterocycles. The number of aryl methyl sites for hydroxylation is 2. The van der Waals surface area contributed by atoms with Crippen molar-refractivity contribution < 1.29 is 9.53 Å². The van der Waals surface area contributed by atoms with Crippen LogP contribution in [0.4, 0.5) is 0 Å². The van der Waals surface area contributed by atoms with Crippen molar-refractivity contribution in [3.63, 3.8) is 0 Å². The van der Waals surface area contributed by atoms with E-state index in [9.17, 15) is 4.79 Å². The van der Waals surface area contributed by atoms with Gasteiger partial charge in [-0.3, -0.25) is 4.79 Å². The van der Waals surface area contributed by atoms with Crippen molar-refractivity contribution in [1.82, 2.24) is 9.55 Å². The zero-order valence-corrected chi connectivity index (χ0v) is 14.4. The fourth-order valence-corrected chi connectivity index (χ4v) is 3.95. The zero-order valence-electron chi connectivity index (χ0n) is 12.8. The summed E-state index contributed by atoms with van der Waals surface area (Å²) in [5.41, 5.74) is 3.94. The molecule has 0 aromatic carbocycles. The number of nitrogens with zero attached hydrogens (tertiary/aromatic N) is 2. The Labute approximate surface area is 133 Å². The molecule has 0 unspecified atom stereocenters. The van der Waals surface area contributed by atoms with E-state index in [1.165, 1.54) is 11.8 Å². The van der Waals surface area contributed by atoms with Crippen LogP contribution in [0.15, 0.2) is 15.8 Å². The maximum absolute atomic E-state index is 12.4. The van der Waals surface area contributed by atoms with E-state index in [-0.39, 0.29) is 5.78 Å². The highest BCUT2D eigenvalue weighted by atomic mass is 32.2. The van der Waals surface area contributed by atoms with E-state index in [1.807, 2.05) is 32.2 Å². The lowest BCUT2D eigenvalue weighted by atomic mass is 10.2. The lowest BCUT2D eigenvalue weighted by molar-refractivity contribution is 0.102. The first-order valence-corrected chi connectivity index (χ1v) is 8.63. The van der Waals surface area contributed by atoms with Crippen LogP contribution in [0.1, 0.15) is 27.4 Å². The van der Waals surface area contributed by atoms with Gasteiger partial charge in [0.25, 0.3) is 0 Å². The second-order valence-corrected chi connectivity index (χ2v) is 6.98. The Bertz CT molecular complexity index is 632. The smallest absolute Gasteiger partial charge is 0.174 e. The van der Waals surface area contributed by atoms with E-state index >= 15 is 0 Å². The first kappa shape index (κ1) is 16.3. The highest BCUT2D eigenvalue weighted by Crippen LogP contribution is 2.24. The molecule has 0 saturated carbocycles. The Morgan fingerprint density at radius 1 is 1.43 bits per heavy atom. The molecule has 0 aliphatic heterocycles. The van der Waals surface area contributed by atoms with Crippen LogP contribution in [0.5, 0.6) is 0 Å². The fraction of sp³-hybridized carbons (Fsp3) is 0.467. The van der Waals surface area contributed by atoms with Crippen LogP contribution in [0.25, 0.3) is 0 Å². The zero-order chi connectivity index (χ0) is 15.4. The lowest BCUT2D eigenvalue weighted by Gasteiger charge is -2.08. The first-order chi connectivity index (χ1) is 10.0. The molecule has 2 aromatic rings. The van der Waals surface area contributed by atoms with Gasteiger partial charge in [-0.05, 0) is 26.8 Å². The van der Waals surface area contributed by atoms with Crippen molar-refractivity contribution in [2.75, 3.05) is 19.5 Å². The number of ketones is 1. The number of rotatable bonds is 7. The van der Waals surface area contributed by atoms with E-state index in [0.717, 1.165) is 33.5 Å². The summed E-state index contributed by atoms with van der Waals surface area (Å²) >= 11 is 3.10. The van der Waals surface area contributed by atoms with Gasteiger partial charge in [-0.2, -0.15) is 0 Å². The van der Waals surface area contributed by atoms with Crippen LogP contribution in [0, 0.1) is 20.8 Å². The minimum absolute atomic E-state index is 0.157. The van der Waals surface area contributed by atoms with Crippen LogP contribution in [-0.4, -0.2) is 34.8 Å². The Hall–Kier alpha value is -1.11. The molecule has 0 amide bonds. The molecule has 6 heteroatoms. The molecule has 2 heterocycles. The predicted octanol–water partition coefficient (Wildman–Crippen LogP) is 3.49. The number of thioether (sulfide) groups is 1. The average Bonchev–Trinajstić information content (AvgIpc) is 2.99. The molecule has 114 valence electrons. The largest absolute Gasteiger partial charge is 0.383 e. The van der Waals surface area contributed by atoms with Gasteiger partial charge in [0, 0.05) is 41.7 Å². The minimum atomic E-state index is 0.157. The third-order valence-corrected chi connectivity index (χ3v) is 5.46. The Kier molecular flexibility index (Phi) is 5.61. The van der Waals surface area contributed by atoms with Gasteiger partial charge in [0.15, 0.2) is 10.1 Å². The number of ether oxygens (including phenoxy) is 1. The van der Waals surface area contributed by atoms with Gasteiger partial charge in [0.05, 0.1) is 12.4 Å². The van der Waals surface area contributed by atoms with Crippen LogP contribution in [-0.2, 0) is 11.3 Å². The van der Waals surface area contributed by atoms with Crippen LogP contribution in [0.2, 0.25) is 0 Å². The quantitative estimate of drug-likeness (QED) is 0.578. The number of aromatic nitrogens is 2. The molecule has 0 atom stereocenters. The lowest BCUT2D eigenvalue weighted by Crippen LogP contribution is -2.09. The highest BCUT2D eigenvalue weighted by molar-refractivity contribution is 8.01. The van der Waals surface area contributed by atoms with Crippen LogP contribution in [0.3, 0.4) is 0 Å². The number of hydrogen-bond donors (Lipinski definition) is 0. The molecule has 0 aliphatic carbocycles. The van der Waals surface area contributed by atoms with Crippen molar-refractivity contribution in [2.24, 2.45) is 0 Å². The van der Waals surface area contributed by atoms with Gasteiger partial charge in [0.1, 0.15) is 0 Å². The standard InChI is InChI=1S/C15H20N2O2S2/c1-10-8-20-15(16-10)21-9-14(18)13-7-11(2)17(12(13)3)5-6-19-4/h7-8H,5-6,9H2,1-4H3. The van der Waals surface area contributed by atoms with Gasteiger partial charge < -0.3 is 9.30 Å². The fourth-order valence-electron chi connectivity index (χ4n) is 2.21. The van der Waals surface area contributed by atoms with Gasteiger partial charge in [-0.15, -0.1) is 11.3 Å². The van der Waals surface area contributed by atoms with E-state index < -0.39 is 0 Å². The number of thiazole rings is 1. The third-order valence-electron chi connectivity index (χ3n) is 3.32. The monoisotopic (exact) mass is 324 g/mol. The van der Waals surface area contributed by atoms with Crippen LogP contribution >= 0.6 is 23.1 Å². The van der Waals surface area contributed by atoms with Crippen molar-refractivity contribution in [1.29, 1.82) is 0 Å². The van der Waals surface area contributed by atoms with E-state index in [0.29, 0.717) is 12.4 Å². The maximum atomic E-state index is 12.4. The molecule has 2 rings (SSSR count). The normalized spacial score (nSPS) is 11.0. The molecular formula is C15H20N2O2S2. The summed E-state index contributed by atoms with van der Waals surface area (Å²) in [6, 6.07) is 1.97. The SMILES string of the molecule is COCCn1c(C)cc(C(=O)CSc2nc(C)cs2)c1C. The second kappa shape index (κ2) is 7.24. The number of Topliss-reactive ketones (excluding diaryl/α,β-unsaturated/α-hetero) is 1. The summed E-state index contributed by atoms with van der Waals surface area (Å²) in [6.45, 7) is 7.41. The molecule has 0 radical (unpaired) electrons. The van der Waals surface area contributed by atoms with E-state index in [4.69, 9.17) is 4.74 Å². The van der Waals surface area contributed by atoms with Gasteiger partial charge in [0.2, 0.25) is 0 Å². The number of hydrogen-bond acceptors (Lipinski definition) is 5. The average molecular weight is 324 g/mol. The van der Waals surface area contributed by atoms with Gasteiger partial charge in [-0.1, -0.05) is 11.8 Å². The van der Waals surface area contributed by atoms with E-state index in [1.54, 1.807) is 18.4 Å². The van der Waals surface area contributed by atoms with Gasteiger partial charge >= 0.3 is 0 Å². The Balaban J connectivity index is 2.05. The number of methoxy groups -OCH3 is 1. The molecule has 0 fully saturated rings. The summed E-state index contributed by atoms with van der Waals surface area (Å²) < 4.78 is 8.20. The number of carbonyl (C=O) groups excluding carboxylic acids is 1. The topological polar surface area (TPSA) is 44.1 Å². The summed E-state index contributed by atoms with van der Waals surface area (Å²) in [5.74, 6) is 0.589. The second-order valence-electron chi connectivity index (χ2n) is 4.90. The first-order valence-electron chi connectivity index (χ1n) is 6.76. The molecule has 0 spiro atoms. The van der Waals surface area contributed by atoms with Crippen molar-refractivity contribution in [3.05, 3.63) is 34.1 Å². The highest BCUT2D eigenvalue weighted by Gasteiger charge is 2.16. The van der Waals surface area contributed by atoms with Crippen molar-refractivity contribution in [3.8, 4) is 0 Å². The number of carbonyl (C=O) groups is 1. The Morgan fingerprint density at radius 2 is 2.19 bits per heavy atom. The van der Waals surface area contributed by atoms with Gasteiger partial charge in [-0.25, -0.2) is 4.98 Å². The Morgan fingerprint density at radius 3 is 2.81 bits per heavy atom.